The van der Waals surface area contributed by atoms with Crippen molar-refractivity contribution in [2.45, 2.75) is 63.6 Å². The van der Waals surface area contributed by atoms with Crippen LogP contribution in [-0.2, 0) is 38.3 Å². The third kappa shape index (κ3) is 8.47. The number of benzene rings is 4. The molecule has 0 unspecified atom stereocenters. The van der Waals surface area contributed by atoms with Crippen molar-refractivity contribution in [1.82, 2.24) is 0 Å². The van der Waals surface area contributed by atoms with Gasteiger partial charge in [-0.25, -0.2) is 0 Å². The number of carbonyl (C=O) groups is 2. The van der Waals surface area contributed by atoms with E-state index in [-0.39, 0.29) is 35.8 Å². The Morgan fingerprint density at radius 3 is 2.30 bits per heavy atom. The Balaban J connectivity index is 1.48. The van der Waals surface area contributed by atoms with Gasteiger partial charge in [0.05, 0.1) is 20.6 Å². The summed E-state index contributed by atoms with van der Waals surface area (Å²) in [6, 6.07) is 19.0. The molecule has 0 aliphatic heterocycles. The number of phenols is 3. The van der Waals surface area contributed by atoms with Crippen molar-refractivity contribution in [1.29, 1.82) is 0 Å². The molecular formula is C38H38O9. The molecule has 0 fully saturated rings. The lowest BCUT2D eigenvalue weighted by Gasteiger charge is -2.27. The standard InChI is InChI=1S/C38H38O9/c1-23(39)46-32-13-10-29-21-37(45-3)35(42)19-26(29)6-4-5-25(30-11-14-34(41)36(20-30)44-2)18-33(22-32)47-38(43)16-24-7-8-28-17-31(40)12-9-27(28)15-24/h7-9,11-12,14-15,17,19-21,25,32-33,40-42H,6,10,13,16,18,22H2,1-3H3/t25-,32-,33+/m1/s1. The summed E-state index contributed by atoms with van der Waals surface area (Å²) in [6.45, 7) is 1.35. The van der Waals surface area contributed by atoms with Gasteiger partial charge in [0.25, 0.3) is 0 Å². The average Bonchev–Trinajstić information content (AvgIpc) is 3.03. The van der Waals surface area contributed by atoms with Gasteiger partial charge in [-0.15, -0.1) is 0 Å². The molecule has 4 aromatic rings. The van der Waals surface area contributed by atoms with Crippen LogP contribution in [0.1, 0.15) is 54.4 Å². The summed E-state index contributed by atoms with van der Waals surface area (Å²) < 4.78 is 22.6. The molecule has 1 aliphatic carbocycles. The smallest absolute Gasteiger partial charge is 0.310 e. The number of hydrogen-bond acceptors (Lipinski definition) is 9. The average molecular weight is 639 g/mol. The first-order chi connectivity index (χ1) is 22.6. The van der Waals surface area contributed by atoms with Crippen molar-refractivity contribution in [3.05, 3.63) is 89.0 Å². The van der Waals surface area contributed by atoms with Gasteiger partial charge in [0.15, 0.2) is 23.0 Å². The molecule has 9 heteroatoms. The lowest BCUT2D eigenvalue weighted by atomic mass is 9.88. The van der Waals surface area contributed by atoms with E-state index in [1.54, 1.807) is 42.5 Å². The Labute approximate surface area is 273 Å². The van der Waals surface area contributed by atoms with Crippen molar-refractivity contribution in [2.24, 2.45) is 0 Å². The fourth-order valence-corrected chi connectivity index (χ4v) is 5.98. The van der Waals surface area contributed by atoms with Crippen LogP contribution in [0.5, 0.6) is 28.7 Å². The summed E-state index contributed by atoms with van der Waals surface area (Å²) >= 11 is 0. The molecule has 0 saturated heterocycles. The second kappa shape index (κ2) is 14.8. The van der Waals surface area contributed by atoms with Crippen LogP contribution in [0.2, 0.25) is 0 Å². The molecule has 0 heterocycles. The molecule has 9 nitrogen and oxygen atoms in total. The molecule has 3 N–H and O–H groups in total. The third-order valence-electron chi connectivity index (χ3n) is 8.29. The van der Waals surface area contributed by atoms with Crippen LogP contribution in [0.15, 0.2) is 66.7 Å². The topological polar surface area (TPSA) is 132 Å². The van der Waals surface area contributed by atoms with Crippen LogP contribution in [0.4, 0.5) is 0 Å². The first-order valence-electron chi connectivity index (χ1n) is 15.4. The summed E-state index contributed by atoms with van der Waals surface area (Å²) in [5.74, 6) is 6.03. The first-order valence-corrected chi connectivity index (χ1v) is 15.4. The maximum Gasteiger partial charge on any atom is 0.310 e. The minimum Gasteiger partial charge on any atom is -0.508 e. The predicted octanol–water partition coefficient (Wildman–Crippen LogP) is 6.12. The lowest BCUT2D eigenvalue weighted by molar-refractivity contribution is -0.154. The largest absolute Gasteiger partial charge is 0.508 e. The maximum atomic E-state index is 13.4. The normalized spacial score (nSPS) is 18.0. The molecule has 4 aromatic carbocycles. The van der Waals surface area contributed by atoms with Gasteiger partial charge in [-0.3, -0.25) is 9.59 Å². The van der Waals surface area contributed by atoms with Crippen molar-refractivity contribution >= 4 is 22.7 Å². The van der Waals surface area contributed by atoms with Gasteiger partial charge in [0.1, 0.15) is 18.0 Å². The van der Waals surface area contributed by atoms with Crippen LogP contribution >= 0.6 is 0 Å². The Bertz CT molecular complexity index is 1830. The van der Waals surface area contributed by atoms with Crippen LogP contribution < -0.4 is 9.47 Å². The fourth-order valence-electron chi connectivity index (χ4n) is 5.98. The number of carbonyl (C=O) groups excluding carboxylic acids is 2. The molecule has 5 rings (SSSR count). The van der Waals surface area contributed by atoms with Gasteiger partial charge in [-0.1, -0.05) is 42.2 Å². The van der Waals surface area contributed by atoms with Gasteiger partial charge >= 0.3 is 11.9 Å². The highest BCUT2D eigenvalue weighted by molar-refractivity contribution is 5.85. The zero-order valence-corrected chi connectivity index (χ0v) is 26.6. The van der Waals surface area contributed by atoms with E-state index in [0.717, 1.165) is 33.0 Å². The molecule has 0 bridgehead atoms. The van der Waals surface area contributed by atoms with E-state index >= 15 is 0 Å². The zero-order valence-electron chi connectivity index (χ0n) is 26.6. The molecule has 3 atom stereocenters. The van der Waals surface area contributed by atoms with Crippen LogP contribution in [-0.4, -0.2) is 53.7 Å². The molecular weight excluding hydrogens is 600 g/mol. The van der Waals surface area contributed by atoms with Crippen molar-refractivity contribution in [3.8, 4) is 40.6 Å². The molecule has 1 aliphatic rings. The van der Waals surface area contributed by atoms with E-state index in [4.69, 9.17) is 18.9 Å². The van der Waals surface area contributed by atoms with Crippen molar-refractivity contribution in [3.63, 3.8) is 0 Å². The number of methoxy groups -OCH3 is 2. The summed E-state index contributed by atoms with van der Waals surface area (Å²) in [6.07, 6.45) is 0.592. The monoisotopic (exact) mass is 638 g/mol. The van der Waals surface area contributed by atoms with Crippen LogP contribution in [0.25, 0.3) is 10.8 Å². The Morgan fingerprint density at radius 2 is 1.53 bits per heavy atom. The second-order valence-electron chi connectivity index (χ2n) is 11.7. The molecule has 0 radical (unpaired) electrons. The number of rotatable bonds is 7. The highest BCUT2D eigenvalue weighted by Gasteiger charge is 2.27. The summed E-state index contributed by atoms with van der Waals surface area (Å²) in [4.78, 5) is 25.6. The lowest BCUT2D eigenvalue weighted by Crippen LogP contribution is -2.29. The van der Waals surface area contributed by atoms with Crippen LogP contribution in [0, 0.1) is 11.8 Å². The van der Waals surface area contributed by atoms with E-state index in [1.165, 1.54) is 27.2 Å². The van der Waals surface area contributed by atoms with E-state index in [9.17, 15) is 24.9 Å². The summed E-state index contributed by atoms with van der Waals surface area (Å²) in [5, 5.41) is 32.3. The molecule has 0 spiro atoms. The third-order valence-corrected chi connectivity index (χ3v) is 8.29. The van der Waals surface area contributed by atoms with Crippen molar-refractivity contribution < 1.29 is 43.9 Å². The summed E-state index contributed by atoms with van der Waals surface area (Å²) in [5.41, 5.74) is 3.23. The number of phenolic OH excluding ortho intramolecular Hbond substituents is 3. The number of hydrogen-bond donors (Lipinski definition) is 3. The van der Waals surface area contributed by atoms with Crippen molar-refractivity contribution in [2.75, 3.05) is 14.2 Å². The second-order valence-corrected chi connectivity index (χ2v) is 11.7. The highest BCUT2D eigenvalue weighted by Crippen LogP contribution is 2.35. The Hall–Kier alpha value is -5.36. The van der Waals surface area contributed by atoms with E-state index in [2.05, 4.69) is 11.8 Å². The van der Waals surface area contributed by atoms with E-state index in [1.807, 2.05) is 18.2 Å². The zero-order chi connectivity index (χ0) is 33.5. The fraction of sp³-hybridized carbons (Fsp3) is 0.316. The number of aryl methyl sites for hydroxylation is 1. The molecule has 0 saturated carbocycles. The number of ether oxygens (including phenoxy) is 4. The minimum absolute atomic E-state index is 0.00744. The van der Waals surface area contributed by atoms with Gasteiger partial charge in [-0.2, -0.15) is 0 Å². The SMILES string of the molecule is COc1cc([C@@H]2C#CCc3cc(O)c(OC)cc3CC[C@@H](OC(C)=O)C[C@@H](OC(=O)Cc3ccc4cc(O)ccc4c3)C2)ccc1O. The number of esters is 2. The summed E-state index contributed by atoms with van der Waals surface area (Å²) in [7, 11) is 2.95. The molecule has 0 aromatic heterocycles. The predicted molar refractivity (Wildman–Crippen MR) is 176 cm³/mol. The van der Waals surface area contributed by atoms with Gasteiger partial charge < -0.3 is 34.3 Å². The first kappa shape index (κ1) is 33.0. The minimum atomic E-state index is -0.670. The molecule has 0 amide bonds. The molecule has 47 heavy (non-hydrogen) atoms. The van der Waals surface area contributed by atoms with Gasteiger partial charge in [-0.05, 0) is 82.3 Å². The highest BCUT2D eigenvalue weighted by atomic mass is 16.6. The number of aromatic hydroxyl groups is 3. The van der Waals surface area contributed by atoms with Gasteiger partial charge in [0.2, 0.25) is 0 Å². The number of fused-ring (bicyclic) bond motifs is 2. The maximum absolute atomic E-state index is 13.4. The van der Waals surface area contributed by atoms with Crippen LogP contribution in [0.3, 0.4) is 0 Å². The quantitative estimate of drug-likeness (QED) is 0.162. The van der Waals surface area contributed by atoms with Gasteiger partial charge in [0, 0.05) is 32.1 Å². The van der Waals surface area contributed by atoms with E-state index < -0.39 is 30.1 Å². The molecule has 244 valence electrons. The van der Waals surface area contributed by atoms with E-state index in [0.29, 0.717) is 31.4 Å². The Kier molecular flexibility index (Phi) is 10.4. The Morgan fingerprint density at radius 1 is 0.787 bits per heavy atom.